The first-order chi connectivity index (χ1) is 10.1. The van der Waals surface area contributed by atoms with E-state index in [9.17, 15) is 9.90 Å². The molecule has 1 aromatic carbocycles. The van der Waals surface area contributed by atoms with Crippen LogP contribution in [0.2, 0.25) is 0 Å². The molecule has 0 saturated heterocycles. The molecule has 1 aromatic heterocycles. The van der Waals surface area contributed by atoms with Crippen LogP contribution in [0.15, 0.2) is 45.2 Å². The zero-order valence-electron chi connectivity index (χ0n) is 12.3. The monoisotopic (exact) mass is 304 g/mol. The van der Waals surface area contributed by atoms with Crippen molar-refractivity contribution in [2.24, 2.45) is 0 Å². The molecule has 112 valence electrons. The van der Waals surface area contributed by atoms with Gasteiger partial charge in [-0.3, -0.25) is 4.79 Å². The van der Waals surface area contributed by atoms with E-state index in [0.717, 1.165) is 29.0 Å². The SMILES string of the molecule is CCCc1cc(=O)[nH]c(Sc2ccccc2C(O)CC)n1. The molecule has 1 unspecified atom stereocenters. The van der Waals surface area contributed by atoms with E-state index in [2.05, 4.69) is 16.9 Å². The van der Waals surface area contributed by atoms with Gasteiger partial charge in [-0.15, -0.1) is 0 Å². The van der Waals surface area contributed by atoms with Crippen molar-refractivity contribution in [3.05, 3.63) is 51.9 Å². The van der Waals surface area contributed by atoms with Crippen LogP contribution in [0.3, 0.4) is 0 Å². The fourth-order valence-electron chi connectivity index (χ4n) is 2.09. The summed E-state index contributed by atoms with van der Waals surface area (Å²) in [5.41, 5.74) is 1.54. The Labute approximate surface area is 128 Å². The smallest absolute Gasteiger partial charge is 0.251 e. The van der Waals surface area contributed by atoms with Gasteiger partial charge in [0.1, 0.15) is 0 Å². The lowest BCUT2D eigenvalue weighted by Crippen LogP contribution is -2.10. The average Bonchev–Trinajstić information content (AvgIpc) is 2.47. The summed E-state index contributed by atoms with van der Waals surface area (Å²) in [6.45, 7) is 4.00. The number of aryl methyl sites for hydroxylation is 1. The first kappa shape index (κ1) is 15.8. The highest BCUT2D eigenvalue weighted by Gasteiger charge is 2.12. The second-order valence-corrected chi connectivity index (χ2v) is 5.89. The number of benzene rings is 1. The molecule has 0 saturated carbocycles. The summed E-state index contributed by atoms with van der Waals surface area (Å²) < 4.78 is 0. The van der Waals surface area contributed by atoms with Crippen LogP contribution < -0.4 is 5.56 Å². The Kier molecular flexibility index (Phi) is 5.59. The van der Waals surface area contributed by atoms with E-state index in [1.807, 2.05) is 31.2 Å². The summed E-state index contributed by atoms with van der Waals surface area (Å²) in [6, 6.07) is 9.21. The molecule has 0 radical (unpaired) electrons. The fraction of sp³-hybridized carbons (Fsp3) is 0.375. The molecule has 0 aliphatic carbocycles. The third-order valence-corrected chi connectivity index (χ3v) is 4.13. The first-order valence-electron chi connectivity index (χ1n) is 7.19. The van der Waals surface area contributed by atoms with E-state index < -0.39 is 6.10 Å². The molecule has 2 aromatic rings. The minimum absolute atomic E-state index is 0.135. The predicted octanol–water partition coefficient (Wildman–Crippen LogP) is 3.32. The minimum Gasteiger partial charge on any atom is -0.388 e. The Morgan fingerprint density at radius 3 is 2.81 bits per heavy atom. The first-order valence-corrected chi connectivity index (χ1v) is 8.00. The van der Waals surface area contributed by atoms with Crippen molar-refractivity contribution >= 4 is 11.8 Å². The summed E-state index contributed by atoms with van der Waals surface area (Å²) in [4.78, 5) is 19.8. The van der Waals surface area contributed by atoms with Gasteiger partial charge in [0, 0.05) is 16.7 Å². The summed E-state index contributed by atoms with van der Waals surface area (Å²) in [5.74, 6) is 0. The normalized spacial score (nSPS) is 12.3. The number of nitrogens with zero attached hydrogens (tertiary/aromatic N) is 1. The second-order valence-electron chi connectivity index (χ2n) is 4.86. The number of rotatable bonds is 6. The van der Waals surface area contributed by atoms with E-state index in [1.165, 1.54) is 11.8 Å². The van der Waals surface area contributed by atoms with Crippen LogP contribution in [0.1, 0.15) is 44.1 Å². The summed E-state index contributed by atoms with van der Waals surface area (Å²) >= 11 is 1.39. The van der Waals surface area contributed by atoms with E-state index >= 15 is 0 Å². The number of aliphatic hydroxyl groups is 1. The van der Waals surface area contributed by atoms with Gasteiger partial charge in [0.2, 0.25) is 0 Å². The third-order valence-electron chi connectivity index (χ3n) is 3.15. The van der Waals surface area contributed by atoms with Crippen LogP contribution in [-0.4, -0.2) is 15.1 Å². The zero-order valence-corrected chi connectivity index (χ0v) is 13.1. The van der Waals surface area contributed by atoms with Crippen LogP contribution in [0.25, 0.3) is 0 Å². The molecule has 0 bridgehead atoms. The molecule has 1 atom stereocenters. The second kappa shape index (κ2) is 7.43. The molecule has 0 fully saturated rings. The zero-order chi connectivity index (χ0) is 15.2. The van der Waals surface area contributed by atoms with Crippen LogP contribution in [0.5, 0.6) is 0 Å². The van der Waals surface area contributed by atoms with E-state index in [1.54, 1.807) is 6.07 Å². The molecule has 21 heavy (non-hydrogen) atoms. The molecule has 0 amide bonds. The van der Waals surface area contributed by atoms with Crippen molar-refractivity contribution in [3.63, 3.8) is 0 Å². The van der Waals surface area contributed by atoms with Crippen molar-refractivity contribution in [1.82, 2.24) is 9.97 Å². The summed E-state index contributed by atoms with van der Waals surface area (Å²) in [5, 5.41) is 10.6. The van der Waals surface area contributed by atoms with E-state index in [4.69, 9.17) is 0 Å². The molecule has 0 aliphatic rings. The maximum absolute atomic E-state index is 11.7. The summed E-state index contributed by atoms with van der Waals surface area (Å²) in [7, 11) is 0. The van der Waals surface area contributed by atoms with Gasteiger partial charge in [-0.25, -0.2) is 4.98 Å². The van der Waals surface area contributed by atoms with Crippen molar-refractivity contribution in [2.75, 3.05) is 0 Å². The number of hydrogen-bond donors (Lipinski definition) is 2. The largest absolute Gasteiger partial charge is 0.388 e. The van der Waals surface area contributed by atoms with Gasteiger partial charge in [-0.2, -0.15) is 0 Å². The van der Waals surface area contributed by atoms with E-state index in [0.29, 0.717) is 11.6 Å². The van der Waals surface area contributed by atoms with Crippen molar-refractivity contribution in [2.45, 2.75) is 49.3 Å². The Bertz CT molecular complexity index is 655. The molecular formula is C16H20N2O2S. The average molecular weight is 304 g/mol. The highest BCUT2D eigenvalue weighted by Crippen LogP contribution is 2.32. The van der Waals surface area contributed by atoms with Gasteiger partial charge in [0.05, 0.1) is 6.10 Å². The van der Waals surface area contributed by atoms with Gasteiger partial charge in [-0.05, 0) is 24.5 Å². The quantitative estimate of drug-likeness (QED) is 0.804. The lowest BCUT2D eigenvalue weighted by atomic mass is 10.1. The molecule has 4 nitrogen and oxygen atoms in total. The number of aliphatic hydroxyl groups excluding tert-OH is 1. The number of nitrogens with one attached hydrogen (secondary N) is 1. The number of H-pyrrole nitrogens is 1. The minimum atomic E-state index is -0.501. The molecule has 1 heterocycles. The molecule has 2 N–H and O–H groups in total. The van der Waals surface area contributed by atoms with Gasteiger partial charge < -0.3 is 10.1 Å². The van der Waals surface area contributed by atoms with Crippen LogP contribution in [0.4, 0.5) is 0 Å². The fourth-order valence-corrected chi connectivity index (χ4v) is 3.08. The van der Waals surface area contributed by atoms with Crippen molar-refractivity contribution < 1.29 is 5.11 Å². The molecule has 0 aliphatic heterocycles. The third kappa shape index (κ3) is 4.19. The van der Waals surface area contributed by atoms with Gasteiger partial charge in [0.15, 0.2) is 5.16 Å². The number of aromatic nitrogens is 2. The van der Waals surface area contributed by atoms with Crippen molar-refractivity contribution in [3.8, 4) is 0 Å². The Morgan fingerprint density at radius 2 is 2.10 bits per heavy atom. The van der Waals surface area contributed by atoms with E-state index in [-0.39, 0.29) is 5.56 Å². The highest BCUT2D eigenvalue weighted by molar-refractivity contribution is 7.99. The van der Waals surface area contributed by atoms with Gasteiger partial charge in [-0.1, -0.05) is 50.2 Å². The topological polar surface area (TPSA) is 66.0 Å². The maximum atomic E-state index is 11.7. The Balaban J connectivity index is 2.32. The summed E-state index contributed by atoms with van der Waals surface area (Å²) in [6.07, 6.45) is 1.89. The molecular weight excluding hydrogens is 284 g/mol. The highest BCUT2D eigenvalue weighted by atomic mass is 32.2. The lowest BCUT2D eigenvalue weighted by molar-refractivity contribution is 0.171. The number of aromatic amines is 1. The molecule has 2 rings (SSSR count). The predicted molar refractivity (Wildman–Crippen MR) is 84.7 cm³/mol. The number of hydrogen-bond acceptors (Lipinski definition) is 4. The van der Waals surface area contributed by atoms with Crippen LogP contribution >= 0.6 is 11.8 Å². The van der Waals surface area contributed by atoms with Crippen LogP contribution in [0, 0.1) is 0 Å². The Morgan fingerprint density at radius 1 is 1.33 bits per heavy atom. The van der Waals surface area contributed by atoms with Crippen molar-refractivity contribution in [1.29, 1.82) is 0 Å². The molecule has 5 heteroatoms. The molecule has 0 spiro atoms. The maximum Gasteiger partial charge on any atom is 0.251 e. The Hall–Kier alpha value is -1.59. The van der Waals surface area contributed by atoms with Crippen LogP contribution in [-0.2, 0) is 6.42 Å². The standard InChI is InChI=1S/C16H20N2O2S/c1-3-7-11-10-15(20)18-16(17-11)21-14-9-6-5-8-12(14)13(19)4-2/h5-6,8-10,13,19H,3-4,7H2,1-2H3,(H,17,18,20). The van der Waals surface area contributed by atoms with Gasteiger partial charge in [0.25, 0.3) is 5.56 Å². The lowest BCUT2D eigenvalue weighted by Gasteiger charge is -2.13. The van der Waals surface area contributed by atoms with Gasteiger partial charge >= 0.3 is 0 Å².